The Kier molecular flexibility index (Phi) is 3.75. The largest absolute Gasteiger partial charge is 0.381 e. The number of carbonyl (C=O) groups is 1. The Hall–Kier alpha value is -2.02. The zero-order chi connectivity index (χ0) is 14.0. The van der Waals surface area contributed by atoms with Gasteiger partial charge < -0.3 is 10.1 Å². The summed E-state index contributed by atoms with van der Waals surface area (Å²) in [5.74, 6) is -1.45. The summed E-state index contributed by atoms with van der Waals surface area (Å²) in [4.78, 5) is 21.4. The topological polar surface area (TPSA) is 81.5 Å². The maximum atomic E-state index is 13.4. The Bertz CT molecular complexity index is 514. The Morgan fingerprint density at radius 2 is 2.21 bits per heavy atom. The standard InChI is InChI=1S/C12H13FN2O4/c1-19-9-5-8(6-9)14-12(16)7-2-3-11(15(17)18)10(13)4-7/h2-4,8-9H,5-6H2,1H3,(H,14,16). The number of hydrogen-bond donors (Lipinski definition) is 1. The van der Waals surface area contributed by atoms with Crippen molar-refractivity contribution in [3.8, 4) is 0 Å². The van der Waals surface area contributed by atoms with E-state index in [1.54, 1.807) is 7.11 Å². The van der Waals surface area contributed by atoms with Crippen LogP contribution in [0.15, 0.2) is 18.2 Å². The fourth-order valence-electron chi connectivity index (χ4n) is 1.94. The van der Waals surface area contributed by atoms with Gasteiger partial charge in [0.1, 0.15) is 0 Å². The van der Waals surface area contributed by atoms with Gasteiger partial charge in [-0.05, 0) is 25.0 Å². The van der Waals surface area contributed by atoms with Crippen molar-refractivity contribution in [1.82, 2.24) is 5.32 Å². The minimum absolute atomic E-state index is 0.00991. The van der Waals surface area contributed by atoms with Crippen LogP contribution in [-0.2, 0) is 4.74 Å². The van der Waals surface area contributed by atoms with Gasteiger partial charge in [-0.25, -0.2) is 0 Å². The highest BCUT2D eigenvalue weighted by molar-refractivity contribution is 5.94. The lowest BCUT2D eigenvalue weighted by Crippen LogP contribution is -2.47. The zero-order valence-electron chi connectivity index (χ0n) is 10.3. The lowest BCUT2D eigenvalue weighted by atomic mass is 9.89. The van der Waals surface area contributed by atoms with Crippen molar-refractivity contribution in [1.29, 1.82) is 0 Å². The van der Waals surface area contributed by atoms with Gasteiger partial charge in [-0.3, -0.25) is 14.9 Å². The molecule has 1 aliphatic rings. The summed E-state index contributed by atoms with van der Waals surface area (Å²) in [7, 11) is 1.61. The van der Waals surface area contributed by atoms with E-state index in [1.165, 1.54) is 6.07 Å². The van der Waals surface area contributed by atoms with Crippen LogP contribution < -0.4 is 5.32 Å². The van der Waals surface area contributed by atoms with Crippen LogP contribution in [0.2, 0.25) is 0 Å². The molecule has 7 heteroatoms. The summed E-state index contributed by atoms with van der Waals surface area (Å²) in [5, 5.41) is 13.2. The molecule has 0 radical (unpaired) electrons. The molecule has 1 N–H and O–H groups in total. The summed E-state index contributed by atoms with van der Waals surface area (Å²) in [6.45, 7) is 0. The van der Waals surface area contributed by atoms with Gasteiger partial charge in [-0.1, -0.05) is 0 Å². The number of amides is 1. The minimum atomic E-state index is -1.01. The van der Waals surface area contributed by atoms with Crippen LogP contribution in [0.5, 0.6) is 0 Å². The van der Waals surface area contributed by atoms with E-state index in [9.17, 15) is 19.3 Å². The Balaban J connectivity index is 2.00. The van der Waals surface area contributed by atoms with Crippen LogP contribution in [-0.4, -0.2) is 30.1 Å². The van der Waals surface area contributed by atoms with Crippen molar-refractivity contribution < 1.29 is 18.8 Å². The number of nitro groups is 1. The number of methoxy groups -OCH3 is 1. The van der Waals surface area contributed by atoms with Crippen LogP contribution in [0.3, 0.4) is 0 Å². The van der Waals surface area contributed by atoms with E-state index in [0.29, 0.717) is 0 Å². The molecule has 0 bridgehead atoms. The van der Waals surface area contributed by atoms with Gasteiger partial charge in [-0.15, -0.1) is 0 Å². The van der Waals surface area contributed by atoms with Crippen LogP contribution >= 0.6 is 0 Å². The molecule has 1 fully saturated rings. The second-order valence-electron chi connectivity index (χ2n) is 4.42. The lowest BCUT2D eigenvalue weighted by molar-refractivity contribution is -0.387. The Labute approximate surface area is 108 Å². The van der Waals surface area contributed by atoms with E-state index >= 15 is 0 Å². The summed E-state index contributed by atoms with van der Waals surface area (Å²) in [6.07, 6.45) is 1.59. The van der Waals surface area contributed by atoms with Crippen molar-refractivity contribution in [3.05, 3.63) is 39.7 Å². The van der Waals surface area contributed by atoms with E-state index in [2.05, 4.69) is 5.32 Å². The van der Waals surface area contributed by atoms with Crippen LogP contribution in [0.1, 0.15) is 23.2 Å². The third kappa shape index (κ3) is 2.87. The number of ether oxygens (including phenoxy) is 1. The number of halogens is 1. The molecule has 1 amide bonds. The van der Waals surface area contributed by atoms with Crippen molar-refractivity contribution in [2.24, 2.45) is 0 Å². The van der Waals surface area contributed by atoms with Crippen LogP contribution in [0.4, 0.5) is 10.1 Å². The predicted octanol–water partition coefficient (Wildman–Crippen LogP) is 1.64. The van der Waals surface area contributed by atoms with E-state index < -0.39 is 22.3 Å². The maximum Gasteiger partial charge on any atom is 0.304 e. The quantitative estimate of drug-likeness (QED) is 0.664. The van der Waals surface area contributed by atoms with Gasteiger partial charge in [0, 0.05) is 24.8 Å². The molecular formula is C12H13FN2O4. The molecule has 1 saturated carbocycles. The molecule has 0 aromatic heterocycles. The third-order valence-corrected chi connectivity index (χ3v) is 3.17. The predicted molar refractivity (Wildman–Crippen MR) is 64.3 cm³/mol. The Morgan fingerprint density at radius 3 is 2.74 bits per heavy atom. The molecule has 0 atom stereocenters. The average molecular weight is 268 g/mol. The summed E-state index contributed by atoms with van der Waals surface area (Å²) < 4.78 is 18.4. The number of hydrogen-bond acceptors (Lipinski definition) is 4. The maximum absolute atomic E-state index is 13.4. The fraction of sp³-hybridized carbons (Fsp3) is 0.417. The van der Waals surface area contributed by atoms with Gasteiger partial charge in [0.2, 0.25) is 5.82 Å². The van der Waals surface area contributed by atoms with Gasteiger partial charge in [0.05, 0.1) is 11.0 Å². The second-order valence-corrected chi connectivity index (χ2v) is 4.42. The van der Waals surface area contributed by atoms with Gasteiger partial charge >= 0.3 is 5.69 Å². The summed E-state index contributed by atoms with van der Waals surface area (Å²) in [5.41, 5.74) is -0.566. The highest BCUT2D eigenvalue weighted by Crippen LogP contribution is 2.23. The highest BCUT2D eigenvalue weighted by Gasteiger charge is 2.30. The number of nitrogens with zero attached hydrogens (tertiary/aromatic N) is 1. The summed E-state index contributed by atoms with van der Waals surface area (Å²) in [6, 6.07) is 3.11. The SMILES string of the molecule is COC1CC(NC(=O)c2ccc([N+](=O)[O-])c(F)c2)C1. The molecule has 0 saturated heterocycles. The lowest BCUT2D eigenvalue weighted by Gasteiger charge is -2.34. The average Bonchev–Trinajstić information content (AvgIpc) is 2.32. The van der Waals surface area contributed by atoms with E-state index in [0.717, 1.165) is 25.0 Å². The van der Waals surface area contributed by atoms with Crippen LogP contribution in [0, 0.1) is 15.9 Å². The fourth-order valence-corrected chi connectivity index (χ4v) is 1.94. The van der Waals surface area contributed by atoms with Crippen molar-refractivity contribution >= 4 is 11.6 Å². The molecule has 6 nitrogen and oxygen atoms in total. The molecule has 0 heterocycles. The molecule has 1 aromatic rings. The molecule has 102 valence electrons. The molecule has 2 rings (SSSR count). The first kappa shape index (κ1) is 13.4. The van der Waals surface area contributed by atoms with Gasteiger partial charge in [-0.2, -0.15) is 4.39 Å². The Morgan fingerprint density at radius 1 is 1.53 bits per heavy atom. The van der Waals surface area contributed by atoms with Crippen molar-refractivity contribution in [2.75, 3.05) is 7.11 Å². The number of nitro benzene ring substituents is 1. The first-order chi connectivity index (χ1) is 9.01. The van der Waals surface area contributed by atoms with Crippen molar-refractivity contribution in [3.63, 3.8) is 0 Å². The summed E-state index contributed by atoms with van der Waals surface area (Å²) >= 11 is 0. The van der Waals surface area contributed by atoms with Crippen LogP contribution in [0.25, 0.3) is 0 Å². The zero-order valence-corrected chi connectivity index (χ0v) is 10.3. The van der Waals surface area contributed by atoms with E-state index in [-0.39, 0.29) is 17.7 Å². The van der Waals surface area contributed by atoms with Gasteiger partial charge in [0.25, 0.3) is 5.91 Å². The molecule has 0 unspecified atom stereocenters. The minimum Gasteiger partial charge on any atom is -0.381 e. The van der Waals surface area contributed by atoms with E-state index in [1.807, 2.05) is 0 Å². The molecule has 1 aromatic carbocycles. The number of rotatable bonds is 4. The van der Waals surface area contributed by atoms with Crippen molar-refractivity contribution in [2.45, 2.75) is 25.0 Å². The number of carbonyl (C=O) groups excluding carboxylic acids is 1. The molecule has 0 aliphatic heterocycles. The molecular weight excluding hydrogens is 255 g/mol. The highest BCUT2D eigenvalue weighted by atomic mass is 19.1. The first-order valence-corrected chi connectivity index (χ1v) is 5.79. The second kappa shape index (κ2) is 5.31. The molecule has 1 aliphatic carbocycles. The monoisotopic (exact) mass is 268 g/mol. The number of nitrogens with one attached hydrogen (secondary N) is 1. The third-order valence-electron chi connectivity index (χ3n) is 3.17. The molecule has 0 spiro atoms. The smallest absolute Gasteiger partial charge is 0.304 e. The normalized spacial score (nSPS) is 21.6. The van der Waals surface area contributed by atoms with E-state index in [4.69, 9.17) is 4.74 Å². The first-order valence-electron chi connectivity index (χ1n) is 5.79. The molecule has 19 heavy (non-hydrogen) atoms. The van der Waals surface area contributed by atoms with Gasteiger partial charge in [0.15, 0.2) is 0 Å². The number of benzene rings is 1.